The molecule has 0 bridgehead atoms. The van der Waals surface area contributed by atoms with E-state index in [1.807, 2.05) is 30.3 Å². The molecule has 0 atom stereocenters. The van der Waals surface area contributed by atoms with Gasteiger partial charge >= 0.3 is 6.03 Å². The highest BCUT2D eigenvalue weighted by atomic mass is 16.5. The van der Waals surface area contributed by atoms with E-state index in [1.54, 1.807) is 19.2 Å². The summed E-state index contributed by atoms with van der Waals surface area (Å²) in [5, 5.41) is 12.0. The molecule has 0 aliphatic rings. The van der Waals surface area contributed by atoms with E-state index in [4.69, 9.17) is 4.74 Å². The van der Waals surface area contributed by atoms with Crippen molar-refractivity contribution in [2.45, 2.75) is 0 Å². The number of urea groups is 1. The van der Waals surface area contributed by atoms with E-state index in [-0.39, 0.29) is 11.8 Å². The first-order chi connectivity index (χ1) is 10.2. The van der Waals surface area contributed by atoms with Crippen molar-refractivity contribution in [3.63, 3.8) is 0 Å². The summed E-state index contributed by atoms with van der Waals surface area (Å²) < 4.78 is 5.49. The summed E-state index contributed by atoms with van der Waals surface area (Å²) in [6.45, 7) is 0.815. The first kappa shape index (κ1) is 14.7. The number of hydrogen-bond acceptors (Lipinski definition) is 3. The third kappa shape index (κ3) is 4.42. The maximum atomic E-state index is 11.9. The quantitative estimate of drug-likeness (QED) is 0.831. The van der Waals surface area contributed by atoms with E-state index in [2.05, 4.69) is 5.32 Å². The molecule has 0 fully saturated rings. The molecule has 0 aromatic heterocycles. The number of phenols is 1. The molecule has 0 spiro atoms. The minimum absolute atomic E-state index is 0.170. The fourth-order valence-corrected chi connectivity index (χ4v) is 1.76. The third-order valence-corrected chi connectivity index (χ3v) is 2.93. The Morgan fingerprint density at radius 2 is 1.81 bits per heavy atom. The minimum atomic E-state index is -0.225. The van der Waals surface area contributed by atoms with E-state index < -0.39 is 0 Å². The van der Waals surface area contributed by atoms with Gasteiger partial charge in [-0.15, -0.1) is 0 Å². The minimum Gasteiger partial charge on any atom is -0.508 e. The van der Waals surface area contributed by atoms with Crippen LogP contribution in [-0.2, 0) is 0 Å². The van der Waals surface area contributed by atoms with Crippen LogP contribution < -0.4 is 15.0 Å². The first-order valence-corrected chi connectivity index (χ1v) is 6.65. The van der Waals surface area contributed by atoms with Crippen LogP contribution in [0, 0.1) is 0 Å². The van der Waals surface area contributed by atoms with Crippen molar-refractivity contribution in [1.82, 2.24) is 5.32 Å². The largest absolute Gasteiger partial charge is 0.508 e. The van der Waals surface area contributed by atoms with Crippen molar-refractivity contribution in [1.29, 1.82) is 0 Å². The molecule has 0 aliphatic carbocycles. The number of carbonyl (C=O) groups excluding carboxylic acids is 1. The summed E-state index contributed by atoms with van der Waals surface area (Å²) in [6, 6.07) is 15.6. The molecule has 5 nitrogen and oxygen atoms in total. The van der Waals surface area contributed by atoms with Gasteiger partial charge < -0.3 is 15.2 Å². The summed E-state index contributed by atoms with van der Waals surface area (Å²) in [5.41, 5.74) is 0.703. The Morgan fingerprint density at radius 3 is 2.48 bits per heavy atom. The van der Waals surface area contributed by atoms with E-state index in [0.29, 0.717) is 18.8 Å². The molecule has 21 heavy (non-hydrogen) atoms. The fourth-order valence-electron chi connectivity index (χ4n) is 1.76. The molecule has 0 heterocycles. The molecule has 2 rings (SSSR count). The summed E-state index contributed by atoms with van der Waals surface area (Å²) in [7, 11) is 1.67. The number of aromatic hydroxyl groups is 1. The van der Waals surface area contributed by atoms with Crippen LogP contribution in [0.5, 0.6) is 11.5 Å². The lowest BCUT2D eigenvalue weighted by Gasteiger charge is -2.18. The van der Waals surface area contributed by atoms with E-state index >= 15 is 0 Å². The Hall–Kier alpha value is -2.69. The molecule has 5 heteroatoms. The maximum Gasteiger partial charge on any atom is 0.321 e. The number of rotatable bonds is 5. The molecule has 0 unspecified atom stereocenters. The number of anilines is 1. The van der Waals surface area contributed by atoms with Gasteiger partial charge in [0.2, 0.25) is 0 Å². The molecule has 0 saturated carbocycles. The monoisotopic (exact) mass is 286 g/mol. The number of ether oxygens (including phenoxy) is 1. The van der Waals surface area contributed by atoms with Crippen molar-refractivity contribution >= 4 is 11.7 Å². The lowest BCUT2D eigenvalue weighted by atomic mass is 10.3. The number of amides is 2. The van der Waals surface area contributed by atoms with E-state index in [9.17, 15) is 9.90 Å². The van der Waals surface area contributed by atoms with Crippen molar-refractivity contribution in [3.05, 3.63) is 54.6 Å². The summed E-state index contributed by atoms with van der Waals surface area (Å²) >= 11 is 0. The predicted octanol–water partition coefficient (Wildman–Crippen LogP) is 2.62. The Bertz CT molecular complexity index is 570. The standard InChI is InChI=1S/C16H18N2O3/c1-18(13-7-9-14(19)10-8-13)16(20)17-11-12-21-15-5-3-2-4-6-15/h2-10,19H,11-12H2,1H3,(H,17,20). The van der Waals surface area contributed by atoms with E-state index in [0.717, 1.165) is 5.75 Å². The van der Waals surface area contributed by atoms with Crippen LogP contribution in [-0.4, -0.2) is 31.3 Å². The number of carbonyl (C=O) groups is 1. The topological polar surface area (TPSA) is 61.8 Å². The van der Waals surface area contributed by atoms with Crippen LogP contribution in [0.2, 0.25) is 0 Å². The Kier molecular flexibility index (Phi) is 5.04. The second-order valence-corrected chi connectivity index (χ2v) is 4.47. The van der Waals surface area contributed by atoms with Gasteiger partial charge in [-0.2, -0.15) is 0 Å². The average molecular weight is 286 g/mol. The van der Waals surface area contributed by atoms with Gasteiger partial charge in [-0.3, -0.25) is 4.90 Å². The molecule has 2 aromatic carbocycles. The molecular formula is C16H18N2O3. The average Bonchev–Trinajstić information content (AvgIpc) is 2.52. The molecule has 110 valence electrons. The Labute approximate surface area is 123 Å². The van der Waals surface area contributed by atoms with Crippen molar-refractivity contribution in [3.8, 4) is 11.5 Å². The van der Waals surface area contributed by atoms with Crippen LogP contribution in [0.4, 0.5) is 10.5 Å². The van der Waals surface area contributed by atoms with Crippen molar-refractivity contribution in [2.24, 2.45) is 0 Å². The van der Waals surface area contributed by atoms with Crippen LogP contribution in [0.1, 0.15) is 0 Å². The lowest BCUT2D eigenvalue weighted by molar-refractivity contribution is 0.243. The summed E-state index contributed by atoms with van der Waals surface area (Å²) in [4.78, 5) is 13.4. The molecule has 2 N–H and O–H groups in total. The van der Waals surface area contributed by atoms with Gasteiger partial charge in [0.05, 0.1) is 6.54 Å². The highest BCUT2D eigenvalue weighted by Gasteiger charge is 2.09. The van der Waals surface area contributed by atoms with Crippen LogP contribution >= 0.6 is 0 Å². The van der Waals surface area contributed by atoms with Gasteiger partial charge in [0.1, 0.15) is 18.1 Å². The third-order valence-electron chi connectivity index (χ3n) is 2.93. The number of benzene rings is 2. The number of nitrogens with zero attached hydrogens (tertiary/aromatic N) is 1. The van der Waals surface area contributed by atoms with Crippen molar-refractivity contribution < 1.29 is 14.6 Å². The molecular weight excluding hydrogens is 268 g/mol. The van der Waals surface area contributed by atoms with Crippen LogP contribution in [0.15, 0.2) is 54.6 Å². The Morgan fingerprint density at radius 1 is 1.14 bits per heavy atom. The lowest BCUT2D eigenvalue weighted by Crippen LogP contribution is -2.39. The highest BCUT2D eigenvalue weighted by molar-refractivity contribution is 5.91. The highest BCUT2D eigenvalue weighted by Crippen LogP contribution is 2.17. The zero-order valence-corrected chi connectivity index (χ0v) is 11.8. The molecule has 2 amide bonds. The zero-order valence-electron chi connectivity index (χ0n) is 11.8. The Balaban J connectivity index is 1.75. The fraction of sp³-hybridized carbons (Fsp3) is 0.188. The van der Waals surface area contributed by atoms with Gasteiger partial charge in [-0.05, 0) is 36.4 Å². The van der Waals surface area contributed by atoms with Crippen LogP contribution in [0.25, 0.3) is 0 Å². The van der Waals surface area contributed by atoms with Gasteiger partial charge in [0.15, 0.2) is 0 Å². The zero-order chi connectivity index (χ0) is 15.1. The molecule has 2 aromatic rings. The predicted molar refractivity (Wildman–Crippen MR) is 81.8 cm³/mol. The van der Waals surface area contributed by atoms with Gasteiger partial charge in [0, 0.05) is 12.7 Å². The second-order valence-electron chi connectivity index (χ2n) is 4.47. The molecule has 0 aliphatic heterocycles. The normalized spacial score (nSPS) is 9.95. The molecule has 0 radical (unpaired) electrons. The molecule has 0 saturated heterocycles. The van der Waals surface area contributed by atoms with Gasteiger partial charge in [0.25, 0.3) is 0 Å². The number of nitrogens with one attached hydrogen (secondary N) is 1. The summed E-state index contributed by atoms with van der Waals surface area (Å²) in [5.74, 6) is 0.947. The number of hydrogen-bond donors (Lipinski definition) is 2. The SMILES string of the molecule is CN(C(=O)NCCOc1ccccc1)c1ccc(O)cc1. The van der Waals surface area contributed by atoms with E-state index in [1.165, 1.54) is 17.0 Å². The van der Waals surface area contributed by atoms with Crippen LogP contribution in [0.3, 0.4) is 0 Å². The second kappa shape index (κ2) is 7.19. The number of phenolic OH excluding ortho intramolecular Hbond substituents is 1. The van der Waals surface area contributed by atoms with Gasteiger partial charge in [-0.1, -0.05) is 18.2 Å². The maximum absolute atomic E-state index is 11.9. The van der Waals surface area contributed by atoms with Crippen molar-refractivity contribution in [2.75, 3.05) is 25.1 Å². The first-order valence-electron chi connectivity index (χ1n) is 6.65. The van der Waals surface area contributed by atoms with Gasteiger partial charge in [-0.25, -0.2) is 4.79 Å². The summed E-state index contributed by atoms with van der Waals surface area (Å²) in [6.07, 6.45) is 0. The smallest absolute Gasteiger partial charge is 0.321 e. The number of para-hydroxylation sites is 1.